The van der Waals surface area contributed by atoms with E-state index in [0.717, 1.165) is 33.9 Å². The van der Waals surface area contributed by atoms with E-state index in [1.807, 2.05) is 60.7 Å². The molecule has 0 aliphatic heterocycles. The largest absolute Gasteiger partial charge is 0.399 e. The lowest BCUT2D eigenvalue weighted by molar-refractivity contribution is 1.05. The lowest BCUT2D eigenvalue weighted by Gasteiger charge is -2.17. The van der Waals surface area contributed by atoms with E-state index < -0.39 is 0 Å². The van der Waals surface area contributed by atoms with E-state index in [-0.39, 0.29) is 0 Å². The highest BCUT2D eigenvalue weighted by atomic mass is 15.1. The van der Waals surface area contributed by atoms with Gasteiger partial charge in [-0.05, 0) is 42.0 Å². The Labute approximate surface area is 157 Å². The highest BCUT2D eigenvalue weighted by molar-refractivity contribution is 5.91. The molecule has 3 aromatic carbocycles. The second kappa shape index (κ2) is 7.53. The average Bonchev–Trinajstić information content (AvgIpc) is 2.71. The predicted molar refractivity (Wildman–Crippen MR) is 109 cm³/mol. The van der Waals surface area contributed by atoms with Crippen LogP contribution in [0.1, 0.15) is 0 Å². The Balaban J connectivity index is 1.78. The molecule has 0 fully saturated rings. The van der Waals surface area contributed by atoms with Crippen LogP contribution in [0.15, 0.2) is 85.5 Å². The van der Waals surface area contributed by atoms with Gasteiger partial charge in [0, 0.05) is 22.6 Å². The van der Waals surface area contributed by atoms with Gasteiger partial charge in [-0.1, -0.05) is 36.4 Å². The van der Waals surface area contributed by atoms with Gasteiger partial charge in [-0.15, -0.1) is 0 Å². The van der Waals surface area contributed by atoms with Crippen LogP contribution < -0.4 is 16.4 Å². The summed E-state index contributed by atoms with van der Waals surface area (Å²) >= 11 is 0. The lowest BCUT2D eigenvalue weighted by Crippen LogP contribution is -2.01. The van der Waals surface area contributed by atoms with Crippen LogP contribution in [0.3, 0.4) is 0 Å². The number of hydrogen-bond donors (Lipinski definition) is 3. The predicted octanol–water partition coefficient (Wildman–Crippen LogP) is 4.61. The van der Waals surface area contributed by atoms with Gasteiger partial charge in [0.25, 0.3) is 0 Å². The van der Waals surface area contributed by atoms with Crippen LogP contribution in [-0.2, 0) is 0 Å². The lowest BCUT2D eigenvalue weighted by atomic mass is 10.0. The number of nitrogens with two attached hydrogens (primary N) is 1. The van der Waals surface area contributed by atoms with E-state index >= 15 is 0 Å². The van der Waals surface area contributed by atoms with Crippen molar-refractivity contribution in [1.82, 2.24) is 15.0 Å². The molecule has 0 spiro atoms. The summed E-state index contributed by atoms with van der Waals surface area (Å²) in [4.78, 5) is 12.2. The summed E-state index contributed by atoms with van der Waals surface area (Å²) in [5.41, 5.74) is 11.4. The van der Waals surface area contributed by atoms with Crippen LogP contribution in [0.4, 0.5) is 28.7 Å². The van der Waals surface area contributed by atoms with Gasteiger partial charge in [-0.3, -0.25) is 0 Å². The second-order valence-corrected chi connectivity index (χ2v) is 5.93. The third-order valence-corrected chi connectivity index (χ3v) is 4.06. The summed E-state index contributed by atoms with van der Waals surface area (Å²) in [6.45, 7) is 0. The molecule has 0 bridgehead atoms. The van der Waals surface area contributed by atoms with E-state index in [9.17, 15) is 0 Å². The fourth-order valence-electron chi connectivity index (χ4n) is 2.82. The monoisotopic (exact) mass is 354 g/mol. The summed E-state index contributed by atoms with van der Waals surface area (Å²) in [5.74, 6) is 0.492. The summed E-state index contributed by atoms with van der Waals surface area (Å²) in [5, 5.41) is 6.76. The van der Waals surface area contributed by atoms with E-state index in [1.54, 1.807) is 0 Å². The molecule has 0 unspecified atom stereocenters. The fraction of sp³-hybridized carbons (Fsp3) is 0. The maximum Gasteiger partial charge on any atom is 0.230 e. The molecule has 6 nitrogen and oxygen atoms in total. The number of nitrogens with one attached hydrogen (secondary N) is 2. The maximum atomic E-state index is 5.79. The quantitative estimate of drug-likeness (QED) is 0.454. The molecule has 0 atom stereocenters. The second-order valence-electron chi connectivity index (χ2n) is 5.93. The number of hydrogen-bond acceptors (Lipinski definition) is 6. The topological polar surface area (TPSA) is 88.8 Å². The SMILES string of the molecule is Nc1ccc(Nc2cccc(Nc3ncncn3)c2-c2ccccc2)cc1. The molecular weight excluding hydrogens is 336 g/mol. The highest BCUT2D eigenvalue weighted by Crippen LogP contribution is 2.37. The first kappa shape index (κ1) is 16.5. The molecule has 1 heterocycles. The van der Waals surface area contributed by atoms with Crippen LogP contribution in [-0.4, -0.2) is 15.0 Å². The molecule has 132 valence electrons. The zero-order valence-electron chi connectivity index (χ0n) is 14.5. The minimum absolute atomic E-state index is 0.492. The molecule has 0 radical (unpaired) electrons. The van der Waals surface area contributed by atoms with Crippen molar-refractivity contribution in [2.45, 2.75) is 0 Å². The minimum Gasteiger partial charge on any atom is -0.399 e. The van der Waals surface area contributed by atoms with Gasteiger partial charge in [0.2, 0.25) is 5.95 Å². The van der Waals surface area contributed by atoms with Crippen LogP contribution in [0.5, 0.6) is 0 Å². The number of aromatic nitrogens is 3. The fourth-order valence-corrected chi connectivity index (χ4v) is 2.82. The zero-order valence-corrected chi connectivity index (χ0v) is 14.5. The first-order chi connectivity index (χ1) is 13.3. The van der Waals surface area contributed by atoms with Gasteiger partial charge in [-0.25, -0.2) is 15.0 Å². The number of rotatable bonds is 5. The Kier molecular flexibility index (Phi) is 4.61. The van der Waals surface area contributed by atoms with Crippen molar-refractivity contribution in [3.8, 4) is 11.1 Å². The summed E-state index contributed by atoms with van der Waals surface area (Å²) in [7, 11) is 0. The maximum absolute atomic E-state index is 5.79. The Morgan fingerprint density at radius 1 is 0.667 bits per heavy atom. The summed E-state index contributed by atoms with van der Waals surface area (Å²) < 4.78 is 0. The molecular formula is C21H18N6. The van der Waals surface area contributed by atoms with Crippen molar-refractivity contribution in [2.24, 2.45) is 0 Å². The Hall–Kier alpha value is -3.93. The molecule has 4 rings (SSSR count). The first-order valence-corrected chi connectivity index (χ1v) is 8.49. The normalized spacial score (nSPS) is 10.4. The van der Waals surface area contributed by atoms with Crippen molar-refractivity contribution < 1.29 is 0 Å². The first-order valence-electron chi connectivity index (χ1n) is 8.49. The Morgan fingerprint density at radius 2 is 1.33 bits per heavy atom. The zero-order chi connectivity index (χ0) is 18.5. The molecule has 0 aliphatic rings. The molecule has 4 N–H and O–H groups in total. The van der Waals surface area contributed by atoms with Gasteiger partial charge in [0.1, 0.15) is 12.7 Å². The van der Waals surface area contributed by atoms with Crippen molar-refractivity contribution >= 4 is 28.7 Å². The molecule has 0 saturated carbocycles. The van der Waals surface area contributed by atoms with E-state index in [0.29, 0.717) is 5.95 Å². The van der Waals surface area contributed by atoms with Gasteiger partial charge < -0.3 is 16.4 Å². The van der Waals surface area contributed by atoms with Gasteiger partial charge in [-0.2, -0.15) is 0 Å². The molecule has 27 heavy (non-hydrogen) atoms. The van der Waals surface area contributed by atoms with Crippen LogP contribution in [0, 0.1) is 0 Å². The molecule has 0 saturated heterocycles. The number of anilines is 5. The third kappa shape index (κ3) is 3.85. The van der Waals surface area contributed by atoms with Crippen molar-refractivity contribution in [3.63, 3.8) is 0 Å². The van der Waals surface area contributed by atoms with Crippen molar-refractivity contribution in [2.75, 3.05) is 16.4 Å². The Bertz CT molecular complexity index is 1020. The Morgan fingerprint density at radius 3 is 2.04 bits per heavy atom. The van der Waals surface area contributed by atoms with E-state index in [4.69, 9.17) is 5.73 Å². The van der Waals surface area contributed by atoms with Crippen LogP contribution in [0.2, 0.25) is 0 Å². The van der Waals surface area contributed by atoms with E-state index in [2.05, 4.69) is 37.7 Å². The van der Waals surface area contributed by atoms with Crippen molar-refractivity contribution in [1.29, 1.82) is 0 Å². The summed E-state index contributed by atoms with van der Waals surface area (Å²) in [6.07, 6.45) is 2.93. The van der Waals surface area contributed by atoms with E-state index in [1.165, 1.54) is 12.7 Å². The van der Waals surface area contributed by atoms with Crippen LogP contribution >= 0.6 is 0 Å². The molecule has 0 amide bonds. The molecule has 0 aliphatic carbocycles. The average molecular weight is 354 g/mol. The number of benzene rings is 3. The van der Waals surface area contributed by atoms with Gasteiger partial charge in [0.05, 0.1) is 5.69 Å². The standard InChI is InChI=1S/C21H18N6/c22-16-9-11-17(12-10-16)26-18-7-4-8-19(27-21-24-13-23-14-25-21)20(18)15-5-2-1-3-6-15/h1-14,26H,22H2,(H,23,24,25,27). The van der Waals surface area contributed by atoms with Crippen molar-refractivity contribution in [3.05, 3.63) is 85.5 Å². The van der Waals surface area contributed by atoms with Gasteiger partial charge in [0.15, 0.2) is 0 Å². The van der Waals surface area contributed by atoms with Gasteiger partial charge >= 0.3 is 0 Å². The minimum atomic E-state index is 0.492. The molecule has 4 aromatic rings. The summed E-state index contributed by atoms with van der Waals surface area (Å²) in [6, 6.07) is 23.8. The molecule has 6 heteroatoms. The van der Waals surface area contributed by atoms with Crippen LogP contribution in [0.25, 0.3) is 11.1 Å². The highest BCUT2D eigenvalue weighted by Gasteiger charge is 2.12. The smallest absolute Gasteiger partial charge is 0.230 e. The molecule has 1 aromatic heterocycles. The number of nitrogen functional groups attached to an aromatic ring is 1. The number of nitrogens with zero attached hydrogens (tertiary/aromatic N) is 3. The third-order valence-electron chi connectivity index (χ3n) is 4.06.